The van der Waals surface area contributed by atoms with E-state index in [-0.39, 0.29) is 11.7 Å². The third-order valence-electron chi connectivity index (χ3n) is 2.67. The zero-order valence-electron chi connectivity index (χ0n) is 10.3. The highest BCUT2D eigenvalue weighted by atomic mass is 127. The van der Waals surface area contributed by atoms with Crippen molar-refractivity contribution in [2.45, 2.75) is 13.8 Å². The average Bonchev–Trinajstić information content (AvgIpc) is 2.35. The van der Waals surface area contributed by atoms with Gasteiger partial charge in [-0.25, -0.2) is 9.78 Å². The molecule has 0 aliphatic rings. The lowest BCUT2D eigenvalue weighted by Gasteiger charge is -2.10. The zero-order chi connectivity index (χ0) is 14.2. The molecule has 0 radical (unpaired) electrons. The molecule has 0 saturated carbocycles. The number of carbonyl (C=O) groups excluding carboxylic acids is 1. The van der Waals surface area contributed by atoms with Gasteiger partial charge < -0.3 is 9.84 Å². The van der Waals surface area contributed by atoms with Gasteiger partial charge in [-0.2, -0.15) is 0 Å². The minimum atomic E-state index is -0.386. The van der Waals surface area contributed by atoms with Gasteiger partial charge in [-0.15, -0.1) is 0 Å². The second kappa shape index (κ2) is 5.78. The number of carbonyl (C=O) groups is 1. The lowest BCUT2D eigenvalue weighted by atomic mass is 10.1. The Morgan fingerprint density at radius 3 is 2.68 bits per heavy atom. The van der Waals surface area contributed by atoms with Gasteiger partial charge in [0, 0.05) is 8.96 Å². The lowest BCUT2D eigenvalue weighted by Crippen LogP contribution is -2.08. The summed E-state index contributed by atoms with van der Waals surface area (Å²) in [6.07, 6.45) is 0. The van der Waals surface area contributed by atoms with Crippen molar-refractivity contribution in [3.63, 3.8) is 0 Å². The van der Waals surface area contributed by atoms with E-state index in [9.17, 15) is 9.90 Å². The van der Waals surface area contributed by atoms with E-state index < -0.39 is 0 Å². The first kappa shape index (κ1) is 14.8. The molecule has 0 saturated heterocycles. The third kappa shape index (κ3) is 2.78. The van der Waals surface area contributed by atoms with Crippen LogP contribution in [0.2, 0.25) is 0 Å². The van der Waals surface area contributed by atoms with Crippen LogP contribution in [-0.2, 0) is 4.74 Å². The molecule has 0 aliphatic heterocycles. The predicted molar refractivity (Wildman–Crippen MR) is 89.5 cm³/mol. The van der Waals surface area contributed by atoms with Gasteiger partial charge in [-0.3, -0.25) is 0 Å². The van der Waals surface area contributed by atoms with Crippen LogP contribution >= 0.6 is 45.2 Å². The van der Waals surface area contributed by atoms with Crippen molar-refractivity contribution in [1.29, 1.82) is 0 Å². The maximum atomic E-state index is 11.8. The summed E-state index contributed by atoms with van der Waals surface area (Å²) in [7, 11) is 0. The number of hydrogen-bond donors (Lipinski definition) is 1. The fourth-order valence-corrected chi connectivity index (χ4v) is 3.64. The van der Waals surface area contributed by atoms with Crippen LogP contribution < -0.4 is 0 Å². The number of phenolic OH excluding ortho intramolecular Hbond substituents is 1. The van der Waals surface area contributed by atoms with Crippen molar-refractivity contribution in [2.75, 3.05) is 6.61 Å². The average molecular weight is 483 g/mol. The number of nitrogens with zero attached hydrogens (tertiary/aromatic N) is 1. The van der Waals surface area contributed by atoms with Gasteiger partial charge in [0.2, 0.25) is 0 Å². The van der Waals surface area contributed by atoms with Gasteiger partial charge in [0.1, 0.15) is 5.52 Å². The fourth-order valence-electron chi connectivity index (χ4n) is 1.75. The molecule has 6 heteroatoms. The summed E-state index contributed by atoms with van der Waals surface area (Å²) in [6, 6.07) is 3.58. The van der Waals surface area contributed by atoms with E-state index in [2.05, 4.69) is 50.2 Å². The number of aryl methyl sites for hydroxylation is 1. The topological polar surface area (TPSA) is 59.4 Å². The zero-order valence-corrected chi connectivity index (χ0v) is 14.6. The molecule has 1 N–H and O–H groups in total. The molecule has 1 aromatic heterocycles. The second-order valence-corrected chi connectivity index (χ2v) is 6.25. The molecule has 0 bridgehead atoms. The monoisotopic (exact) mass is 483 g/mol. The number of aromatic nitrogens is 1. The van der Waals surface area contributed by atoms with Crippen molar-refractivity contribution in [3.05, 3.63) is 30.5 Å². The van der Waals surface area contributed by atoms with Crippen molar-refractivity contribution in [1.82, 2.24) is 4.98 Å². The Bertz CT molecular complexity index is 671. The highest BCUT2D eigenvalue weighted by Gasteiger charge is 2.17. The minimum absolute atomic E-state index is 0.148. The van der Waals surface area contributed by atoms with E-state index >= 15 is 0 Å². The first-order valence-corrected chi connectivity index (χ1v) is 7.77. The number of hydrogen-bond acceptors (Lipinski definition) is 4. The largest absolute Gasteiger partial charge is 0.505 e. The first-order chi connectivity index (χ1) is 8.95. The highest BCUT2D eigenvalue weighted by molar-refractivity contribution is 14.1. The Morgan fingerprint density at radius 1 is 1.37 bits per heavy atom. The van der Waals surface area contributed by atoms with Gasteiger partial charge in [-0.05, 0) is 71.2 Å². The fraction of sp³-hybridized carbons (Fsp3) is 0.231. The van der Waals surface area contributed by atoms with Crippen molar-refractivity contribution in [3.8, 4) is 5.75 Å². The molecule has 100 valence electrons. The summed E-state index contributed by atoms with van der Waals surface area (Å²) in [5.41, 5.74) is 1.51. The lowest BCUT2D eigenvalue weighted by molar-refractivity contribution is 0.0525. The maximum Gasteiger partial charge on any atom is 0.339 e. The van der Waals surface area contributed by atoms with Crippen molar-refractivity contribution in [2.24, 2.45) is 0 Å². The molecule has 2 rings (SSSR count). The normalized spacial score (nSPS) is 10.7. The van der Waals surface area contributed by atoms with Crippen LogP contribution in [0.5, 0.6) is 5.75 Å². The number of ether oxygens (including phenoxy) is 1. The van der Waals surface area contributed by atoms with Crippen LogP contribution in [-0.4, -0.2) is 22.7 Å². The van der Waals surface area contributed by atoms with Crippen LogP contribution in [0.1, 0.15) is 23.0 Å². The summed E-state index contributed by atoms with van der Waals surface area (Å²) in [5.74, 6) is -0.238. The molecule has 0 unspecified atom stereocenters. The molecule has 1 heterocycles. The molecule has 4 nitrogen and oxygen atoms in total. The molecule has 0 fully saturated rings. The molecule has 0 atom stereocenters. The van der Waals surface area contributed by atoms with Crippen LogP contribution in [0, 0.1) is 14.1 Å². The van der Waals surface area contributed by atoms with Crippen molar-refractivity contribution < 1.29 is 14.6 Å². The Balaban J connectivity index is 2.73. The second-order valence-electron chi connectivity index (χ2n) is 3.93. The molecule has 0 amide bonds. The standard InChI is InChI=1S/C13H11I2NO3/c1-3-19-13(18)7-4-8-9(14)5-10(15)12(17)11(8)16-6(7)2/h4-5,17H,3H2,1-2H3. The van der Waals surface area contributed by atoms with Gasteiger partial charge in [-0.1, -0.05) is 0 Å². The summed E-state index contributed by atoms with van der Waals surface area (Å²) >= 11 is 4.22. The third-order valence-corrected chi connectivity index (χ3v) is 4.38. The van der Waals surface area contributed by atoms with Crippen LogP contribution in [0.15, 0.2) is 12.1 Å². The smallest absolute Gasteiger partial charge is 0.339 e. The number of phenols is 1. The Kier molecular flexibility index (Phi) is 4.49. The maximum absolute atomic E-state index is 11.8. The molecular weight excluding hydrogens is 472 g/mol. The van der Waals surface area contributed by atoms with Crippen molar-refractivity contribution >= 4 is 62.1 Å². The molecule has 0 spiro atoms. The molecular formula is C13H11I2NO3. The summed E-state index contributed by atoms with van der Waals surface area (Å²) in [5, 5.41) is 10.8. The Labute approximate surface area is 137 Å². The van der Waals surface area contributed by atoms with E-state index in [1.54, 1.807) is 19.9 Å². The number of pyridine rings is 1. The minimum Gasteiger partial charge on any atom is -0.505 e. The Hall–Kier alpha value is -0.640. The van der Waals surface area contributed by atoms with E-state index in [1.807, 2.05) is 6.07 Å². The van der Waals surface area contributed by atoms with E-state index in [1.165, 1.54) is 0 Å². The highest BCUT2D eigenvalue weighted by Crippen LogP contribution is 2.33. The SMILES string of the molecule is CCOC(=O)c1cc2c(I)cc(I)c(O)c2nc1C. The van der Waals surface area contributed by atoms with Gasteiger partial charge >= 0.3 is 5.97 Å². The van der Waals surface area contributed by atoms with Gasteiger partial charge in [0.15, 0.2) is 5.75 Å². The number of halogens is 2. The quantitative estimate of drug-likeness (QED) is 0.524. The predicted octanol–water partition coefficient (Wildman–Crippen LogP) is 3.63. The molecule has 1 aromatic carbocycles. The summed E-state index contributed by atoms with van der Waals surface area (Å²) in [6.45, 7) is 3.82. The number of rotatable bonds is 2. The van der Waals surface area contributed by atoms with Crippen LogP contribution in [0.25, 0.3) is 10.9 Å². The van der Waals surface area contributed by atoms with E-state index in [0.717, 1.165) is 12.5 Å². The van der Waals surface area contributed by atoms with Gasteiger partial charge in [0.25, 0.3) is 0 Å². The molecule has 19 heavy (non-hydrogen) atoms. The summed E-state index contributed by atoms with van der Waals surface area (Å²) in [4.78, 5) is 16.2. The van der Waals surface area contributed by atoms with E-state index in [0.29, 0.717) is 23.4 Å². The van der Waals surface area contributed by atoms with Crippen LogP contribution in [0.4, 0.5) is 0 Å². The number of esters is 1. The molecule has 0 aliphatic carbocycles. The van der Waals surface area contributed by atoms with Gasteiger partial charge in [0.05, 0.1) is 21.4 Å². The van der Waals surface area contributed by atoms with E-state index in [4.69, 9.17) is 4.74 Å². The number of fused-ring (bicyclic) bond motifs is 1. The first-order valence-electron chi connectivity index (χ1n) is 5.61. The summed E-state index contributed by atoms with van der Waals surface area (Å²) < 4.78 is 6.68. The number of benzene rings is 1. The van der Waals surface area contributed by atoms with Crippen LogP contribution in [0.3, 0.4) is 0 Å². The Morgan fingerprint density at radius 2 is 2.05 bits per heavy atom. The molecule has 2 aromatic rings. The number of aromatic hydroxyl groups is 1.